The minimum Gasteiger partial charge on any atom is -0.383 e. The van der Waals surface area contributed by atoms with Crippen LogP contribution in [-0.2, 0) is 11.3 Å². The normalized spacial score (nSPS) is 19.7. The van der Waals surface area contributed by atoms with Gasteiger partial charge in [0.1, 0.15) is 17.8 Å². The van der Waals surface area contributed by atoms with E-state index >= 15 is 0 Å². The number of hydrogen-bond acceptors (Lipinski definition) is 5. The molecular weight excluding hydrogens is 374 g/mol. The van der Waals surface area contributed by atoms with E-state index in [1.807, 2.05) is 42.6 Å². The number of nitrogen functional groups attached to an aromatic ring is 1. The van der Waals surface area contributed by atoms with Gasteiger partial charge in [0.05, 0.1) is 18.6 Å². The summed E-state index contributed by atoms with van der Waals surface area (Å²) < 4.78 is 7.89. The Labute approximate surface area is 169 Å². The molecule has 0 saturated heterocycles. The summed E-state index contributed by atoms with van der Waals surface area (Å²) in [6.45, 7) is 1.67. The summed E-state index contributed by atoms with van der Waals surface area (Å²) in [6.07, 6.45) is 7.48. The molecule has 1 aliphatic carbocycles. The van der Waals surface area contributed by atoms with E-state index in [0.717, 1.165) is 41.5 Å². The Morgan fingerprint density at radius 1 is 1.25 bits per heavy atom. The lowest BCUT2D eigenvalue weighted by Gasteiger charge is -2.35. The number of benzene rings is 1. The lowest BCUT2D eigenvalue weighted by molar-refractivity contribution is 0.149. The van der Waals surface area contributed by atoms with Gasteiger partial charge in [-0.1, -0.05) is 41.9 Å². The Balaban J connectivity index is 1.54. The quantitative estimate of drug-likeness (QED) is 0.593. The third-order valence-corrected chi connectivity index (χ3v) is 5.68. The second-order valence-corrected chi connectivity index (χ2v) is 7.59. The van der Waals surface area contributed by atoms with Crippen molar-refractivity contribution in [3.8, 4) is 0 Å². The molecule has 3 aromatic rings. The van der Waals surface area contributed by atoms with Crippen molar-refractivity contribution < 1.29 is 4.74 Å². The van der Waals surface area contributed by atoms with Crippen LogP contribution in [0.1, 0.15) is 30.0 Å². The van der Waals surface area contributed by atoms with E-state index in [1.165, 1.54) is 6.33 Å². The Morgan fingerprint density at radius 2 is 2.04 bits per heavy atom. The first-order valence-electron chi connectivity index (χ1n) is 9.46. The Morgan fingerprint density at radius 3 is 2.79 bits per heavy atom. The highest BCUT2D eigenvalue weighted by Gasteiger charge is 2.31. The number of aromatic nitrogens is 3. The van der Waals surface area contributed by atoms with Crippen LogP contribution >= 0.6 is 11.6 Å². The van der Waals surface area contributed by atoms with Gasteiger partial charge in [-0.3, -0.25) is 0 Å². The van der Waals surface area contributed by atoms with Gasteiger partial charge in [0.2, 0.25) is 0 Å². The minimum atomic E-state index is 0.373. The summed E-state index contributed by atoms with van der Waals surface area (Å²) in [6, 6.07) is 10.4. The molecule has 4 N–H and O–H groups in total. The number of nitrogens with two attached hydrogens (primary N) is 2. The van der Waals surface area contributed by atoms with Crippen LogP contribution in [0.3, 0.4) is 0 Å². The van der Waals surface area contributed by atoms with Gasteiger partial charge in [-0.25, -0.2) is 9.97 Å². The van der Waals surface area contributed by atoms with Crippen molar-refractivity contribution in [1.29, 1.82) is 0 Å². The van der Waals surface area contributed by atoms with E-state index in [0.29, 0.717) is 36.0 Å². The topological polar surface area (TPSA) is 92.0 Å². The first kappa shape index (κ1) is 18.9. The molecule has 1 saturated carbocycles. The second-order valence-electron chi connectivity index (χ2n) is 7.19. The third kappa shape index (κ3) is 3.76. The fraction of sp³-hybridized carbons (Fsp3) is 0.333. The highest BCUT2D eigenvalue weighted by Crippen LogP contribution is 2.41. The fourth-order valence-electron chi connectivity index (χ4n) is 3.68. The largest absolute Gasteiger partial charge is 0.383 e. The van der Waals surface area contributed by atoms with Gasteiger partial charge >= 0.3 is 0 Å². The second kappa shape index (κ2) is 8.31. The van der Waals surface area contributed by atoms with Crippen LogP contribution in [0.25, 0.3) is 16.1 Å². The van der Waals surface area contributed by atoms with Crippen LogP contribution in [0.2, 0.25) is 0 Å². The number of rotatable bonds is 7. The fourth-order valence-corrected chi connectivity index (χ4v) is 3.89. The van der Waals surface area contributed by atoms with E-state index in [4.69, 9.17) is 27.8 Å². The third-order valence-electron chi connectivity index (χ3n) is 5.33. The van der Waals surface area contributed by atoms with Crippen molar-refractivity contribution >= 4 is 33.5 Å². The van der Waals surface area contributed by atoms with Crippen LogP contribution in [0.5, 0.6) is 0 Å². The standard InChI is InChI=1S/C21H24ClN5O/c22-18(6-7-28-12-14-4-2-1-3-5-14)17-11-27(16-8-15(9-16)10-23)21-19(17)20(24)25-13-26-21/h1-6,11,13,15-16H,7-10,12,23H2,(H2,24,25,26). The number of anilines is 1. The van der Waals surface area contributed by atoms with Gasteiger partial charge in [-0.15, -0.1) is 0 Å². The predicted molar refractivity (Wildman–Crippen MR) is 113 cm³/mol. The van der Waals surface area contributed by atoms with E-state index in [9.17, 15) is 0 Å². The first-order chi connectivity index (χ1) is 13.7. The summed E-state index contributed by atoms with van der Waals surface area (Å²) in [5.74, 6) is 1.01. The molecule has 2 aromatic heterocycles. The maximum Gasteiger partial charge on any atom is 0.146 e. The Bertz CT molecular complexity index is 979. The SMILES string of the molecule is NCC1CC(n2cc(C(Cl)=CCOCc3ccccc3)c3c(N)ncnc32)C1. The number of nitrogens with zero attached hydrogens (tertiary/aromatic N) is 3. The number of fused-ring (bicyclic) bond motifs is 1. The van der Waals surface area contributed by atoms with Crippen LogP contribution in [-0.4, -0.2) is 27.7 Å². The van der Waals surface area contributed by atoms with Gasteiger partial charge in [0, 0.05) is 22.8 Å². The molecule has 0 bridgehead atoms. The van der Waals surface area contributed by atoms with Crippen LogP contribution < -0.4 is 11.5 Å². The predicted octanol–water partition coefficient (Wildman–Crippen LogP) is 3.72. The van der Waals surface area contributed by atoms with Crippen molar-refractivity contribution in [3.05, 3.63) is 60.1 Å². The molecule has 1 fully saturated rings. The Kier molecular flexibility index (Phi) is 5.62. The van der Waals surface area contributed by atoms with Gasteiger partial charge in [-0.05, 0) is 36.9 Å². The van der Waals surface area contributed by atoms with Crippen molar-refractivity contribution in [3.63, 3.8) is 0 Å². The zero-order valence-electron chi connectivity index (χ0n) is 15.6. The molecule has 0 amide bonds. The van der Waals surface area contributed by atoms with Gasteiger partial charge in [0.25, 0.3) is 0 Å². The summed E-state index contributed by atoms with van der Waals surface area (Å²) in [5.41, 5.74) is 14.7. The maximum absolute atomic E-state index is 6.61. The molecule has 1 aromatic carbocycles. The summed E-state index contributed by atoms with van der Waals surface area (Å²) in [7, 11) is 0. The molecule has 2 heterocycles. The first-order valence-corrected chi connectivity index (χ1v) is 9.84. The molecule has 0 atom stereocenters. The van der Waals surface area contributed by atoms with E-state index in [-0.39, 0.29) is 0 Å². The van der Waals surface area contributed by atoms with E-state index in [2.05, 4.69) is 14.5 Å². The molecule has 1 aliphatic rings. The lowest BCUT2D eigenvalue weighted by atomic mass is 9.80. The summed E-state index contributed by atoms with van der Waals surface area (Å²) in [4.78, 5) is 8.61. The molecule has 4 rings (SSSR count). The highest BCUT2D eigenvalue weighted by atomic mass is 35.5. The van der Waals surface area contributed by atoms with Crippen molar-refractivity contribution in [2.75, 3.05) is 18.9 Å². The van der Waals surface area contributed by atoms with E-state index < -0.39 is 0 Å². The number of halogens is 1. The number of ether oxygens (including phenoxy) is 1. The van der Waals surface area contributed by atoms with Crippen molar-refractivity contribution in [2.45, 2.75) is 25.5 Å². The summed E-state index contributed by atoms with van der Waals surface area (Å²) in [5, 5.41) is 1.39. The van der Waals surface area contributed by atoms with Gasteiger partial charge < -0.3 is 20.8 Å². The molecule has 7 heteroatoms. The smallest absolute Gasteiger partial charge is 0.146 e. The molecule has 6 nitrogen and oxygen atoms in total. The average molecular weight is 398 g/mol. The zero-order chi connectivity index (χ0) is 19.5. The van der Waals surface area contributed by atoms with Crippen LogP contribution in [0, 0.1) is 5.92 Å². The monoisotopic (exact) mass is 397 g/mol. The molecule has 0 unspecified atom stereocenters. The average Bonchev–Trinajstić information content (AvgIpc) is 3.06. The molecule has 0 spiro atoms. The van der Waals surface area contributed by atoms with Crippen LogP contribution in [0.4, 0.5) is 5.82 Å². The van der Waals surface area contributed by atoms with Crippen LogP contribution in [0.15, 0.2) is 48.9 Å². The number of hydrogen-bond donors (Lipinski definition) is 2. The molecular formula is C21H24ClN5O. The lowest BCUT2D eigenvalue weighted by Crippen LogP contribution is -2.31. The zero-order valence-corrected chi connectivity index (χ0v) is 16.3. The molecule has 28 heavy (non-hydrogen) atoms. The van der Waals surface area contributed by atoms with Crippen molar-refractivity contribution in [1.82, 2.24) is 14.5 Å². The minimum absolute atomic E-state index is 0.373. The van der Waals surface area contributed by atoms with Gasteiger partial charge in [-0.2, -0.15) is 0 Å². The summed E-state index contributed by atoms with van der Waals surface area (Å²) >= 11 is 6.61. The molecule has 0 radical (unpaired) electrons. The van der Waals surface area contributed by atoms with Gasteiger partial charge in [0.15, 0.2) is 0 Å². The molecule has 0 aliphatic heterocycles. The highest BCUT2D eigenvalue weighted by molar-refractivity contribution is 6.50. The van der Waals surface area contributed by atoms with Crippen molar-refractivity contribution in [2.24, 2.45) is 11.7 Å². The maximum atomic E-state index is 6.61. The Hall–Kier alpha value is -2.41. The molecule has 146 valence electrons. The van der Waals surface area contributed by atoms with E-state index in [1.54, 1.807) is 0 Å².